The minimum absolute atomic E-state index is 0.0342. The molecule has 0 amide bonds. The number of ether oxygens (including phenoxy) is 1. The third-order valence-corrected chi connectivity index (χ3v) is 4.71. The van der Waals surface area contributed by atoms with Gasteiger partial charge >= 0.3 is 5.97 Å². The number of benzene rings is 1. The highest BCUT2D eigenvalue weighted by Gasteiger charge is 2.21. The van der Waals surface area contributed by atoms with E-state index in [0.717, 1.165) is 12.5 Å². The monoisotopic (exact) mass is 383 g/mol. The van der Waals surface area contributed by atoms with Crippen molar-refractivity contribution in [2.24, 2.45) is 5.14 Å². The number of hydrogen-bond acceptors (Lipinski definition) is 4. The molecule has 0 radical (unpaired) electrons. The molecule has 1 aromatic rings. The molecule has 0 aromatic heterocycles. The number of hydrogen-bond donors (Lipinski definition) is 1. The molecule has 0 spiro atoms. The summed E-state index contributed by atoms with van der Waals surface area (Å²) in [5, 5.41) is 5.14. The molecule has 1 rings (SSSR count). The summed E-state index contributed by atoms with van der Waals surface area (Å²) in [5.74, 6) is -0.679. The number of nitrogens with two attached hydrogens (primary N) is 1. The van der Waals surface area contributed by atoms with Crippen LogP contribution in [0.15, 0.2) is 21.5 Å². The van der Waals surface area contributed by atoms with Gasteiger partial charge in [0.25, 0.3) is 0 Å². The van der Waals surface area contributed by atoms with Crippen molar-refractivity contribution in [3.63, 3.8) is 0 Å². The maximum absolute atomic E-state index is 12.0. The molecule has 0 aliphatic rings. The van der Waals surface area contributed by atoms with Gasteiger partial charge in [0.15, 0.2) is 0 Å². The van der Waals surface area contributed by atoms with E-state index in [4.69, 9.17) is 21.5 Å². The summed E-state index contributed by atoms with van der Waals surface area (Å²) in [6.07, 6.45) is 1.29. The fourth-order valence-electron chi connectivity index (χ4n) is 1.59. The Hall–Kier alpha value is -0.630. The van der Waals surface area contributed by atoms with Gasteiger partial charge in [-0.25, -0.2) is 18.4 Å². The van der Waals surface area contributed by atoms with E-state index in [2.05, 4.69) is 15.9 Å². The van der Waals surface area contributed by atoms with Crippen LogP contribution < -0.4 is 5.14 Å². The van der Waals surface area contributed by atoms with E-state index in [-0.39, 0.29) is 26.1 Å². The number of esters is 1. The quantitative estimate of drug-likeness (QED) is 0.790. The van der Waals surface area contributed by atoms with Gasteiger partial charge < -0.3 is 4.74 Å². The second-order valence-corrected chi connectivity index (χ2v) is 7.11. The van der Waals surface area contributed by atoms with Crippen molar-refractivity contribution in [2.45, 2.75) is 37.7 Å². The molecular weight excluding hydrogens is 370 g/mol. The lowest BCUT2D eigenvalue weighted by molar-refractivity contribution is 0.0323. The molecule has 1 aromatic carbocycles. The second kappa shape index (κ2) is 6.89. The molecule has 0 aliphatic carbocycles. The molecule has 1 atom stereocenters. The molecule has 2 N–H and O–H groups in total. The Balaban J connectivity index is 3.17. The Kier molecular flexibility index (Phi) is 6.00. The largest absolute Gasteiger partial charge is 0.459 e. The summed E-state index contributed by atoms with van der Waals surface area (Å²) in [4.78, 5) is 11.8. The van der Waals surface area contributed by atoms with Crippen LogP contribution in [-0.4, -0.2) is 20.5 Å². The van der Waals surface area contributed by atoms with E-state index in [1.165, 1.54) is 6.07 Å². The fourth-order valence-corrected chi connectivity index (χ4v) is 2.95. The summed E-state index contributed by atoms with van der Waals surface area (Å²) in [6.45, 7) is 3.73. The van der Waals surface area contributed by atoms with Gasteiger partial charge in [0, 0.05) is 4.47 Å². The summed E-state index contributed by atoms with van der Waals surface area (Å²) in [5.41, 5.74) is -0.0342. The summed E-state index contributed by atoms with van der Waals surface area (Å²) < 4.78 is 28.2. The molecule has 0 heterocycles. The molecule has 0 aliphatic heterocycles. The van der Waals surface area contributed by atoms with Gasteiger partial charge in [-0.2, -0.15) is 0 Å². The molecule has 20 heavy (non-hydrogen) atoms. The van der Waals surface area contributed by atoms with Crippen molar-refractivity contribution in [3.05, 3.63) is 27.2 Å². The zero-order valence-corrected chi connectivity index (χ0v) is 14.2. The normalized spacial score (nSPS) is 13.1. The van der Waals surface area contributed by atoms with Crippen molar-refractivity contribution < 1.29 is 17.9 Å². The number of sulfonamides is 1. The van der Waals surface area contributed by atoms with Crippen LogP contribution in [0.4, 0.5) is 0 Å². The molecule has 0 saturated heterocycles. The molecule has 0 bridgehead atoms. The Bertz CT molecular complexity index is 618. The maximum atomic E-state index is 12.0. The lowest BCUT2D eigenvalue weighted by atomic mass is 10.2. The highest BCUT2D eigenvalue weighted by Crippen LogP contribution is 2.30. The highest BCUT2D eigenvalue weighted by molar-refractivity contribution is 9.10. The predicted octanol–water partition coefficient (Wildman–Crippen LogP) is 3.10. The average Bonchev–Trinajstić information content (AvgIpc) is 2.31. The molecule has 8 heteroatoms. The van der Waals surface area contributed by atoms with Crippen LogP contribution in [0, 0.1) is 0 Å². The Morgan fingerprint density at radius 2 is 2.10 bits per heavy atom. The van der Waals surface area contributed by atoms with E-state index in [1.807, 2.05) is 6.92 Å². The van der Waals surface area contributed by atoms with E-state index in [1.54, 1.807) is 6.92 Å². The summed E-state index contributed by atoms with van der Waals surface area (Å²) in [6, 6.07) is 2.35. The fraction of sp³-hybridized carbons (Fsp3) is 0.417. The zero-order valence-electron chi connectivity index (χ0n) is 11.0. The first kappa shape index (κ1) is 17.4. The highest BCUT2D eigenvalue weighted by atomic mass is 79.9. The minimum Gasteiger partial charge on any atom is -0.459 e. The van der Waals surface area contributed by atoms with Crippen molar-refractivity contribution in [1.29, 1.82) is 0 Å². The lowest BCUT2D eigenvalue weighted by Crippen LogP contribution is -2.17. The van der Waals surface area contributed by atoms with Crippen molar-refractivity contribution in [1.82, 2.24) is 0 Å². The van der Waals surface area contributed by atoms with Gasteiger partial charge in [0.1, 0.15) is 0 Å². The molecular formula is C12H15BrClNO4S. The first-order valence-electron chi connectivity index (χ1n) is 5.89. The summed E-state index contributed by atoms with van der Waals surface area (Å²) in [7, 11) is -3.93. The molecule has 5 nitrogen and oxygen atoms in total. The van der Waals surface area contributed by atoms with Gasteiger partial charge in [-0.1, -0.05) is 24.9 Å². The summed E-state index contributed by atoms with van der Waals surface area (Å²) >= 11 is 9.08. The van der Waals surface area contributed by atoms with E-state index < -0.39 is 16.0 Å². The number of primary sulfonamides is 1. The number of carbonyl (C=O) groups excluding carboxylic acids is 1. The molecule has 1 unspecified atom stereocenters. The second-order valence-electron chi connectivity index (χ2n) is 4.32. The Morgan fingerprint density at radius 1 is 1.50 bits per heavy atom. The zero-order chi connectivity index (χ0) is 15.5. The SMILES string of the molecule is CCCC(C)OC(=O)c1cc(S(N)(=O)=O)cc(Br)c1Cl. The Labute approximate surface area is 131 Å². The number of carbonyl (C=O) groups is 1. The topological polar surface area (TPSA) is 86.5 Å². The third-order valence-electron chi connectivity index (χ3n) is 2.55. The minimum atomic E-state index is -3.93. The van der Waals surface area contributed by atoms with Crippen LogP contribution in [0.5, 0.6) is 0 Å². The van der Waals surface area contributed by atoms with Crippen molar-refractivity contribution >= 4 is 43.5 Å². The van der Waals surface area contributed by atoms with Crippen LogP contribution in [0.3, 0.4) is 0 Å². The first-order valence-corrected chi connectivity index (χ1v) is 8.61. The van der Waals surface area contributed by atoms with Gasteiger partial charge in [-0.05, 0) is 41.4 Å². The average molecular weight is 385 g/mol. The Morgan fingerprint density at radius 3 is 2.60 bits per heavy atom. The predicted molar refractivity (Wildman–Crippen MR) is 80.3 cm³/mol. The smallest absolute Gasteiger partial charge is 0.339 e. The van der Waals surface area contributed by atoms with E-state index >= 15 is 0 Å². The van der Waals surface area contributed by atoms with Gasteiger partial charge in [-0.15, -0.1) is 0 Å². The van der Waals surface area contributed by atoms with E-state index in [0.29, 0.717) is 6.42 Å². The molecule has 0 fully saturated rings. The number of halogens is 2. The van der Waals surface area contributed by atoms with Crippen molar-refractivity contribution in [3.8, 4) is 0 Å². The van der Waals surface area contributed by atoms with Crippen LogP contribution >= 0.6 is 27.5 Å². The van der Waals surface area contributed by atoms with Gasteiger partial charge in [0.2, 0.25) is 10.0 Å². The molecule has 112 valence electrons. The van der Waals surface area contributed by atoms with Gasteiger partial charge in [0.05, 0.1) is 21.6 Å². The van der Waals surface area contributed by atoms with Crippen LogP contribution in [0.1, 0.15) is 37.0 Å². The third kappa shape index (κ3) is 4.44. The maximum Gasteiger partial charge on any atom is 0.339 e. The van der Waals surface area contributed by atoms with Crippen LogP contribution in [-0.2, 0) is 14.8 Å². The number of rotatable bonds is 5. The van der Waals surface area contributed by atoms with Crippen LogP contribution in [0.25, 0.3) is 0 Å². The lowest BCUT2D eigenvalue weighted by Gasteiger charge is -2.14. The standard InChI is InChI=1S/C12H15BrClNO4S/c1-3-4-7(2)19-12(16)9-5-8(20(15,17)18)6-10(13)11(9)14/h5-7H,3-4H2,1-2H3,(H2,15,17,18). The first-order chi connectivity index (χ1) is 9.16. The molecule has 0 saturated carbocycles. The van der Waals surface area contributed by atoms with Crippen molar-refractivity contribution in [2.75, 3.05) is 0 Å². The van der Waals surface area contributed by atoms with Gasteiger partial charge in [-0.3, -0.25) is 0 Å². The van der Waals surface area contributed by atoms with E-state index in [9.17, 15) is 13.2 Å². The van der Waals surface area contributed by atoms with Crippen LogP contribution in [0.2, 0.25) is 5.02 Å².